The lowest BCUT2D eigenvalue weighted by Crippen LogP contribution is -2.28. The van der Waals surface area contributed by atoms with Gasteiger partial charge in [-0.25, -0.2) is 0 Å². The molecule has 9 nitrogen and oxygen atoms in total. The van der Waals surface area contributed by atoms with Crippen molar-refractivity contribution in [1.29, 1.82) is 0 Å². The highest BCUT2D eigenvalue weighted by atomic mass is 33.1. The topological polar surface area (TPSA) is 120 Å². The molecule has 0 aliphatic rings. The highest BCUT2D eigenvalue weighted by Crippen LogP contribution is 2.36. The van der Waals surface area contributed by atoms with Crippen molar-refractivity contribution in [2.75, 3.05) is 52.1 Å². The molecule has 232 valence electrons. The molecule has 12 heteroatoms. The van der Waals surface area contributed by atoms with Gasteiger partial charge in [0.25, 0.3) is 0 Å². The SMILES string of the molecule is CC(C)CCOC(C)(C)C.COc1cc2cc(C(=O)CCC(=O)OCCSSCCNC(=O)CO)sc2cc1OC. The maximum Gasteiger partial charge on any atom is 0.306 e. The first-order valence-corrected chi connectivity index (χ1v) is 16.8. The number of esters is 1. The highest BCUT2D eigenvalue weighted by Gasteiger charge is 2.15. The number of fused-ring (bicyclic) bond motifs is 1. The van der Waals surface area contributed by atoms with Crippen LogP contribution in [0.5, 0.6) is 11.5 Å². The van der Waals surface area contributed by atoms with E-state index in [1.807, 2.05) is 12.1 Å². The number of amides is 1. The van der Waals surface area contributed by atoms with E-state index in [0.717, 1.165) is 29.0 Å². The molecule has 0 fully saturated rings. The summed E-state index contributed by atoms with van der Waals surface area (Å²) in [4.78, 5) is 35.8. The average Bonchev–Trinajstić information content (AvgIpc) is 3.34. The van der Waals surface area contributed by atoms with E-state index in [1.54, 1.807) is 20.3 Å². The van der Waals surface area contributed by atoms with E-state index in [-0.39, 0.29) is 30.8 Å². The molecule has 0 saturated carbocycles. The molecule has 0 atom stereocenters. The molecule has 2 N–H and O–H groups in total. The molecule has 0 bridgehead atoms. The number of aliphatic hydroxyl groups is 1. The third-order valence-electron chi connectivity index (χ3n) is 5.25. The number of ether oxygens (including phenoxy) is 4. The summed E-state index contributed by atoms with van der Waals surface area (Å²) in [5.41, 5.74) is 0.0366. The van der Waals surface area contributed by atoms with E-state index in [0.29, 0.717) is 34.4 Å². The number of carbonyl (C=O) groups excluding carboxylic acids is 3. The average molecular weight is 632 g/mol. The molecule has 1 aromatic heterocycles. The molecule has 0 unspecified atom stereocenters. The standard InChI is InChI=1S/C20H25NO7S3.C9H20O/c1-26-15-9-13-10-18(31-17(13)11-16(15)27-2)14(23)3-4-20(25)28-6-8-30-29-7-5-21-19(24)12-22;1-8(2)6-7-10-9(3,4)5/h9-11,22H,3-8,12H2,1-2H3,(H,21,24);8H,6-7H2,1-5H3. The summed E-state index contributed by atoms with van der Waals surface area (Å²) in [5.74, 6) is 2.34. The zero-order chi connectivity index (χ0) is 30.8. The first kappa shape index (κ1) is 37.0. The first-order valence-electron chi connectivity index (χ1n) is 13.5. The van der Waals surface area contributed by atoms with Gasteiger partial charge in [-0.3, -0.25) is 14.4 Å². The van der Waals surface area contributed by atoms with Crippen LogP contribution in [0.3, 0.4) is 0 Å². The minimum Gasteiger partial charge on any atom is -0.493 e. The third kappa shape index (κ3) is 16.3. The van der Waals surface area contributed by atoms with Gasteiger partial charge < -0.3 is 29.4 Å². The number of methoxy groups -OCH3 is 2. The van der Waals surface area contributed by atoms with Crippen molar-refractivity contribution >= 4 is 60.7 Å². The molecule has 0 aliphatic carbocycles. The number of nitrogens with one attached hydrogen (secondary N) is 1. The summed E-state index contributed by atoms with van der Waals surface area (Å²) in [6.07, 6.45) is 1.29. The molecule has 2 aromatic rings. The summed E-state index contributed by atoms with van der Waals surface area (Å²) in [6, 6.07) is 5.46. The molecule has 0 aliphatic heterocycles. The van der Waals surface area contributed by atoms with Gasteiger partial charge in [0.1, 0.15) is 13.2 Å². The fourth-order valence-corrected chi connectivity index (χ4v) is 5.89. The van der Waals surface area contributed by atoms with Gasteiger partial charge in [0.05, 0.1) is 31.1 Å². The fourth-order valence-electron chi connectivity index (χ4n) is 3.11. The van der Waals surface area contributed by atoms with E-state index in [9.17, 15) is 14.4 Å². The lowest BCUT2D eigenvalue weighted by molar-refractivity contribution is -0.142. The van der Waals surface area contributed by atoms with E-state index >= 15 is 0 Å². The Morgan fingerprint density at radius 2 is 1.63 bits per heavy atom. The molecule has 1 amide bonds. The van der Waals surface area contributed by atoms with Crippen molar-refractivity contribution in [3.05, 3.63) is 23.1 Å². The van der Waals surface area contributed by atoms with Crippen LogP contribution in [0.25, 0.3) is 10.1 Å². The van der Waals surface area contributed by atoms with Gasteiger partial charge in [0.2, 0.25) is 5.91 Å². The van der Waals surface area contributed by atoms with Crippen LogP contribution in [-0.4, -0.2) is 80.5 Å². The van der Waals surface area contributed by atoms with Crippen molar-refractivity contribution in [3.63, 3.8) is 0 Å². The summed E-state index contributed by atoms with van der Waals surface area (Å²) < 4.78 is 22.2. The molecule has 1 aromatic carbocycles. The van der Waals surface area contributed by atoms with Crippen molar-refractivity contribution in [1.82, 2.24) is 5.32 Å². The number of carbonyl (C=O) groups is 3. The second kappa shape index (κ2) is 20.0. The van der Waals surface area contributed by atoms with Crippen LogP contribution in [0.4, 0.5) is 0 Å². The second-order valence-corrected chi connectivity index (χ2v) is 14.1. The number of Topliss-reactive ketones (excluding diaryl/α,β-unsaturated/α-hetero) is 1. The quantitative estimate of drug-likeness (QED) is 0.0965. The molecule has 0 saturated heterocycles. The van der Waals surface area contributed by atoms with Crippen LogP contribution in [0.2, 0.25) is 0 Å². The second-order valence-electron chi connectivity index (χ2n) is 10.3. The van der Waals surface area contributed by atoms with Crippen molar-refractivity contribution in [2.24, 2.45) is 5.92 Å². The Labute approximate surface area is 255 Å². The van der Waals surface area contributed by atoms with Gasteiger partial charge >= 0.3 is 5.97 Å². The number of thiophene rings is 1. The van der Waals surface area contributed by atoms with Crippen LogP contribution < -0.4 is 14.8 Å². The number of rotatable bonds is 17. The molecule has 41 heavy (non-hydrogen) atoms. The summed E-state index contributed by atoms with van der Waals surface area (Å²) >= 11 is 1.36. The molecule has 2 rings (SSSR count). The smallest absolute Gasteiger partial charge is 0.306 e. The van der Waals surface area contributed by atoms with Gasteiger partial charge in [-0.15, -0.1) is 11.3 Å². The fraction of sp³-hybridized carbons (Fsp3) is 0.621. The Morgan fingerprint density at radius 3 is 2.24 bits per heavy atom. The van der Waals surface area contributed by atoms with Crippen LogP contribution in [0.15, 0.2) is 18.2 Å². The van der Waals surface area contributed by atoms with Gasteiger partial charge in [-0.05, 0) is 50.6 Å². The van der Waals surface area contributed by atoms with Gasteiger partial charge in [0.15, 0.2) is 17.3 Å². The Bertz CT molecular complexity index is 1040. The number of hydrogen-bond acceptors (Lipinski definition) is 11. The zero-order valence-electron chi connectivity index (χ0n) is 25.2. The van der Waals surface area contributed by atoms with Crippen LogP contribution in [0.1, 0.15) is 63.6 Å². The maximum atomic E-state index is 12.5. The monoisotopic (exact) mass is 631 g/mol. The Hall–Kier alpha value is -1.99. The molecule has 0 spiro atoms. The van der Waals surface area contributed by atoms with Gasteiger partial charge in [0, 0.05) is 41.8 Å². The Kier molecular flexibility index (Phi) is 18.1. The highest BCUT2D eigenvalue weighted by molar-refractivity contribution is 8.76. The van der Waals surface area contributed by atoms with E-state index in [1.165, 1.54) is 32.9 Å². The van der Waals surface area contributed by atoms with Crippen LogP contribution >= 0.6 is 32.9 Å². The first-order chi connectivity index (χ1) is 19.4. The van der Waals surface area contributed by atoms with Crippen molar-refractivity contribution in [2.45, 2.75) is 59.5 Å². The number of ketones is 1. The predicted octanol–water partition coefficient (Wildman–Crippen LogP) is 5.76. The summed E-state index contributed by atoms with van der Waals surface area (Å²) in [6.45, 7) is 11.8. The lowest BCUT2D eigenvalue weighted by atomic mass is 10.1. The predicted molar refractivity (Wildman–Crippen MR) is 170 cm³/mol. The number of hydrogen-bond donors (Lipinski definition) is 2. The number of aliphatic hydroxyl groups excluding tert-OH is 1. The largest absolute Gasteiger partial charge is 0.493 e. The summed E-state index contributed by atoms with van der Waals surface area (Å²) in [7, 11) is 6.18. The normalized spacial score (nSPS) is 11.1. The molecule has 1 heterocycles. The van der Waals surface area contributed by atoms with Crippen LogP contribution in [0, 0.1) is 5.92 Å². The Balaban J connectivity index is 0.000000716. The maximum absolute atomic E-state index is 12.5. The van der Waals surface area contributed by atoms with Crippen molar-refractivity contribution < 1.29 is 38.4 Å². The van der Waals surface area contributed by atoms with Crippen LogP contribution in [-0.2, 0) is 19.1 Å². The van der Waals surface area contributed by atoms with E-state index in [2.05, 4.69) is 39.9 Å². The molecule has 0 radical (unpaired) electrons. The third-order valence-corrected chi connectivity index (χ3v) is 8.76. The molecular formula is C29H45NO8S3. The zero-order valence-corrected chi connectivity index (χ0v) is 27.7. The van der Waals surface area contributed by atoms with Crippen molar-refractivity contribution in [3.8, 4) is 11.5 Å². The van der Waals surface area contributed by atoms with Gasteiger partial charge in [-0.1, -0.05) is 35.4 Å². The van der Waals surface area contributed by atoms with E-state index < -0.39 is 18.5 Å². The van der Waals surface area contributed by atoms with E-state index in [4.69, 9.17) is 24.1 Å². The molecular weight excluding hydrogens is 587 g/mol. The summed E-state index contributed by atoms with van der Waals surface area (Å²) in [5, 5.41) is 12.0. The number of benzene rings is 1. The van der Waals surface area contributed by atoms with Gasteiger partial charge in [-0.2, -0.15) is 0 Å². The lowest BCUT2D eigenvalue weighted by Gasteiger charge is -2.19. The minimum atomic E-state index is -0.511. The Morgan fingerprint density at radius 1 is 0.976 bits per heavy atom. The minimum absolute atomic E-state index is 0.0325.